The minimum absolute atomic E-state index is 0.152. The van der Waals surface area contributed by atoms with Crippen molar-refractivity contribution in [1.29, 1.82) is 0 Å². The molecule has 0 saturated carbocycles. The summed E-state index contributed by atoms with van der Waals surface area (Å²) in [5, 5.41) is 3.22. The first-order valence-corrected chi connectivity index (χ1v) is 9.04. The average molecular weight is 376 g/mol. The fourth-order valence-corrected chi connectivity index (χ4v) is 2.96. The molecule has 138 valence electrons. The Kier molecular flexibility index (Phi) is 6.44. The quantitative estimate of drug-likeness (QED) is 0.839. The Balaban J connectivity index is 1.76. The van der Waals surface area contributed by atoms with Gasteiger partial charge in [0.15, 0.2) is 5.69 Å². The number of aromatic nitrogens is 1. The number of anilines is 1. The zero-order chi connectivity index (χ0) is 18.4. The van der Waals surface area contributed by atoms with Gasteiger partial charge in [-0.1, -0.05) is 29.8 Å². The van der Waals surface area contributed by atoms with Crippen LogP contribution in [0.5, 0.6) is 5.88 Å². The van der Waals surface area contributed by atoms with Gasteiger partial charge in [0.25, 0.3) is 5.91 Å². The summed E-state index contributed by atoms with van der Waals surface area (Å²) in [5.41, 5.74) is 1.95. The second-order valence-corrected chi connectivity index (χ2v) is 6.32. The molecule has 1 aromatic carbocycles. The molecule has 6 nitrogen and oxygen atoms in total. The van der Waals surface area contributed by atoms with E-state index in [1.807, 2.05) is 31.2 Å². The van der Waals surface area contributed by atoms with Crippen LogP contribution in [0.3, 0.4) is 0 Å². The monoisotopic (exact) mass is 375 g/mol. The molecular weight excluding hydrogens is 354 g/mol. The van der Waals surface area contributed by atoms with Crippen LogP contribution in [0.15, 0.2) is 36.4 Å². The SMILES string of the molecule is CCOc1ccc(Cl)c(C(=O)Nc2ccccc2CN2CCOCC2)n1. The van der Waals surface area contributed by atoms with Crippen molar-refractivity contribution in [3.8, 4) is 5.88 Å². The van der Waals surface area contributed by atoms with Crippen molar-refractivity contribution in [2.24, 2.45) is 0 Å². The van der Waals surface area contributed by atoms with Crippen molar-refractivity contribution < 1.29 is 14.3 Å². The van der Waals surface area contributed by atoms with Gasteiger partial charge in [-0.2, -0.15) is 0 Å². The Bertz CT molecular complexity index is 763. The lowest BCUT2D eigenvalue weighted by atomic mass is 10.1. The molecule has 0 spiro atoms. The number of halogens is 1. The van der Waals surface area contributed by atoms with Crippen LogP contribution >= 0.6 is 11.6 Å². The summed E-state index contributed by atoms with van der Waals surface area (Å²) in [6.07, 6.45) is 0. The number of morpholine rings is 1. The predicted octanol–water partition coefficient (Wildman–Crippen LogP) is 3.22. The minimum atomic E-state index is -0.356. The van der Waals surface area contributed by atoms with Crippen molar-refractivity contribution in [3.05, 3.63) is 52.7 Å². The van der Waals surface area contributed by atoms with Crippen LogP contribution in [-0.4, -0.2) is 48.7 Å². The molecule has 1 saturated heterocycles. The maximum absolute atomic E-state index is 12.7. The molecule has 1 aromatic heterocycles. The van der Waals surface area contributed by atoms with E-state index < -0.39 is 0 Å². The molecule has 1 N–H and O–H groups in total. The van der Waals surface area contributed by atoms with E-state index in [9.17, 15) is 4.79 Å². The molecule has 26 heavy (non-hydrogen) atoms. The molecule has 0 unspecified atom stereocenters. The predicted molar refractivity (Wildman–Crippen MR) is 101 cm³/mol. The third-order valence-corrected chi connectivity index (χ3v) is 4.40. The van der Waals surface area contributed by atoms with E-state index in [0.717, 1.165) is 44.1 Å². The zero-order valence-electron chi connectivity index (χ0n) is 14.7. The lowest BCUT2D eigenvalue weighted by Gasteiger charge is -2.27. The second-order valence-electron chi connectivity index (χ2n) is 5.91. The van der Waals surface area contributed by atoms with E-state index in [1.165, 1.54) is 0 Å². The smallest absolute Gasteiger partial charge is 0.275 e. The van der Waals surface area contributed by atoms with E-state index in [-0.39, 0.29) is 16.6 Å². The van der Waals surface area contributed by atoms with Gasteiger partial charge in [0.1, 0.15) is 0 Å². The van der Waals surface area contributed by atoms with Crippen LogP contribution in [0.2, 0.25) is 5.02 Å². The van der Waals surface area contributed by atoms with E-state index >= 15 is 0 Å². The number of amides is 1. The van der Waals surface area contributed by atoms with Gasteiger partial charge in [-0.3, -0.25) is 9.69 Å². The van der Waals surface area contributed by atoms with Gasteiger partial charge in [-0.25, -0.2) is 4.98 Å². The van der Waals surface area contributed by atoms with Crippen molar-refractivity contribution in [2.75, 3.05) is 38.2 Å². The van der Waals surface area contributed by atoms with Gasteiger partial charge >= 0.3 is 0 Å². The van der Waals surface area contributed by atoms with E-state index in [4.69, 9.17) is 21.1 Å². The normalized spacial score (nSPS) is 14.8. The fourth-order valence-electron chi connectivity index (χ4n) is 2.77. The molecule has 1 aliphatic rings. The number of nitrogens with zero attached hydrogens (tertiary/aromatic N) is 2. The molecule has 1 amide bonds. The van der Waals surface area contributed by atoms with E-state index in [0.29, 0.717) is 12.5 Å². The van der Waals surface area contributed by atoms with Crippen molar-refractivity contribution >= 4 is 23.2 Å². The topological polar surface area (TPSA) is 63.7 Å². The summed E-state index contributed by atoms with van der Waals surface area (Å²) >= 11 is 6.15. The summed E-state index contributed by atoms with van der Waals surface area (Å²) in [6.45, 7) is 6.31. The molecule has 3 rings (SSSR count). The molecule has 0 radical (unpaired) electrons. The fraction of sp³-hybridized carbons (Fsp3) is 0.368. The number of rotatable bonds is 6. The summed E-state index contributed by atoms with van der Waals surface area (Å²) in [5.74, 6) is 0.0228. The molecule has 2 aromatic rings. The van der Waals surface area contributed by atoms with Crippen molar-refractivity contribution in [2.45, 2.75) is 13.5 Å². The average Bonchev–Trinajstić information content (AvgIpc) is 2.66. The first kappa shape index (κ1) is 18.6. The van der Waals surface area contributed by atoms with Crippen molar-refractivity contribution in [1.82, 2.24) is 9.88 Å². The minimum Gasteiger partial charge on any atom is -0.478 e. The van der Waals surface area contributed by atoms with Gasteiger partial charge in [-0.05, 0) is 24.6 Å². The largest absolute Gasteiger partial charge is 0.478 e. The third kappa shape index (κ3) is 4.72. The number of ether oxygens (including phenoxy) is 2. The van der Waals surface area contributed by atoms with Gasteiger partial charge in [-0.15, -0.1) is 0 Å². The summed E-state index contributed by atoms with van der Waals surface area (Å²) in [7, 11) is 0. The highest BCUT2D eigenvalue weighted by Gasteiger charge is 2.17. The van der Waals surface area contributed by atoms with Gasteiger partial charge < -0.3 is 14.8 Å². The molecule has 7 heteroatoms. The van der Waals surface area contributed by atoms with Gasteiger partial charge in [0, 0.05) is 31.4 Å². The number of hydrogen-bond acceptors (Lipinski definition) is 5. The first-order valence-electron chi connectivity index (χ1n) is 8.66. The maximum atomic E-state index is 12.7. The Hall–Kier alpha value is -2.15. The van der Waals surface area contributed by atoms with Crippen LogP contribution in [0.4, 0.5) is 5.69 Å². The Morgan fingerprint density at radius 2 is 2.04 bits per heavy atom. The Morgan fingerprint density at radius 3 is 2.81 bits per heavy atom. The molecule has 1 fully saturated rings. The lowest BCUT2D eigenvalue weighted by Crippen LogP contribution is -2.35. The van der Waals surface area contributed by atoms with Crippen LogP contribution < -0.4 is 10.1 Å². The third-order valence-electron chi connectivity index (χ3n) is 4.09. The highest BCUT2D eigenvalue weighted by molar-refractivity contribution is 6.34. The number of nitrogens with one attached hydrogen (secondary N) is 1. The zero-order valence-corrected chi connectivity index (χ0v) is 15.5. The standard InChI is InChI=1S/C19H22ClN3O3/c1-2-26-17-8-7-15(20)18(22-17)19(24)21-16-6-4-3-5-14(16)13-23-9-11-25-12-10-23/h3-8H,2,9-13H2,1H3,(H,21,24). The molecule has 2 heterocycles. The number of carbonyl (C=O) groups excluding carboxylic acids is 1. The second kappa shape index (κ2) is 8.98. The van der Waals surface area contributed by atoms with Gasteiger partial charge in [0.2, 0.25) is 5.88 Å². The summed E-state index contributed by atoms with van der Waals surface area (Å²) in [6, 6.07) is 11.0. The molecule has 0 bridgehead atoms. The number of para-hydroxylation sites is 1. The number of hydrogen-bond donors (Lipinski definition) is 1. The molecule has 0 atom stereocenters. The molecular formula is C19H22ClN3O3. The highest BCUT2D eigenvalue weighted by atomic mass is 35.5. The lowest BCUT2D eigenvalue weighted by molar-refractivity contribution is 0.0342. The molecule has 1 aliphatic heterocycles. The summed E-state index contributed by atoms with van der Waals surface area (Å²) < 4.78 is 10.7. The molecule has 0 aliphatic carbocycles. The van der Waals surface area contributed by atoms with Crippen LogP contribution in [0.1, 0.15) is 23.0 Å². The van der Waals surface area contributed by atoms with Crippen LogP contribution in [0.25, 0.3) is 0 Å². The van der Waals surface area contributed by atoms with Crippen molar-refractivity contribution in [3.63, 3.8) is 0 Å². The highest BCUT2D eigenvalue weighted by Crippen LogP contribution is 2.22. The maximum Gasteiger partial charge on any atom is 0.275 e. The number of carbonyl (C=O) groups is 1. The number of pyridine rings is 1. The number of benzene rings is 1. The van der Waals surface area contributed by atoms with E-state index in [1.54, 1.807) is 12.1 Å². The summed E-state index contributed by atoms with van der Waals surface area (Å²) in [4.78, 5) is 19.2. The van der Waals surface area contributed by atoms with Crippen LogP contribution in [0, 0.1) is 0 Å². The van der Waals surface area contributed by atoms with Crippen LogP contribution in [-0.2, 0) is 11.3 Å². The Labute approximate surface area is 158 Å². The van der Waals surface area contributed by atoms with E-state index in [2.05, 4.69) is 15.2 Å². The Morgan fingerprint density at radius 1 is 1.27 bits per heavy atom. The first-order chi connectivity index (χ1) is 12.7. The van der Waals surface area contributed by atoms with Gasteiger partial charge in [0.05, 0.1) is 24.8 Å².